The molecule has 0 saturated heterocycles. The van der Waals surface area contributed by atoms with Gasteiger partial charge in [-0.15, -0.1) is 0 Å². The zero-order chi connectivity index (χ0) is 3.58. The van der Waals surface area contributed by atoms with Gasteiger partial charge in [0.1, 0.15) is 0 Å². The Bertz CT molecular complexity index is 33.8. The van der Waals surface area contributed by atoms with Crippen LogP contribution in [0.2, 0.25) is 0 Å². The SMILES string of the molecule is [Al].[Mg+2].[O]=[Ti]([O-])[O-]. The summed E-state index contributed by atoms with van der Waals surface area (Å²) in [6, 6.07) is 0. The van der Waals surface area contributed by atoms with Crippen LogP contribution in [0.3, 0.4) is 0 Å². The van der Waals surface area contributed by atoms with E-state index in [1.807, 2.05) is 0 Å². The van der Waals surface area contributed by atoms with E-state index in [1.54, 1.807) is 0 Å². The summed E-state index contributed by atoms with van der Waals surface area (Å²) in [5.74, 6) is 0. The predicted octanol–water partition coefficient (Wildman–Crippen LogP) is -3.26. The molecule has 0 aliphatic rings. The van der Waals surface area contributed by atoms with Crippen LogP contribution >= 0.6 is 0 Å². The van der Waals surface area contributed by atoms with E-state index in [0.717, 1.165) is 0 Å². The van der Waals surface area contributed by atoms with Crippen LogP contribution in [0.15, 0.2) is 0 Å². The maximum atomic E-state index is 8.58. The normalized spacial score (nSPS) is 4.33. The monoisotopic (exact) mass is 147 g/mol. The zero-order valence-electron chi connectivity index (χ0n) is 3.01. The van der Waals surface area contributed by atoms with Crippen LogP contribution in [-0.2, 0) is 21.9 Å². The van der Waals surface area contributed by atoms with E-state index in [-0.39, 0.29) is 40.4 Å². The summed E-state index contributed by atoms with van der Waals surface area (Å²) in [7, 11) is 0. The fourth-order valence-electron chi connectivity index (χ4n) is 0. The third kappa shape index (κ3) is 42.8. The molecule has 0 rings (SSSR count). The van der Waals surface area contributed by atoms with Crippen molar-refractivity contribution >= 4 is 40.4 Å². The molecule has 0 saturated carbocycles. The molecule has 0 fully saturated rings. The molecule has 0 unspecified atom stereocenters. The van der Waals surface area contributed by atoms with E-state index in [1.165, 1.54) is 0 Å². The predicted molar refractivity (Wildman–Crippen MR) is 12.2 cm³/mol. The Hall–Kier alpha value is 1.73. The van der Waals surface area contributed by atoms with Crippen molar-refractivity contribution in [2.24, 2.45) is 0 Å². The van der Waals surface area contributed by atoms with Crippen molar-refractivity contribution in [3.8, 4) is 0 Å². The van der Waals surface area contributed by atoms with Crippen LogP contribution < -0.4 is 7.38 Å². The van der Waals surface area contributed by atoms with Gasteiger partial charge in [-0.05, 0) is 0 Å². The average molecular weight is 147 g/mol. The van der Waals surface area contributed by atoms with E-state index < -0.39 is 18.6 Å². The molecule has 0 aliphatic heterocycles. The van der Waals surface area contributed by atoms with Crippen molar-refractivity contribution < 1.29 is 29.3 Å². The molecule has 0 heterocycles. The first-order valence-corrected chi connectivity index (χ1v) is 2.52. The van der Waals surface area contributed by atoms with Gasteiger partial charge in [0.05, 0.1) is 0 Å². The molecule has 6 heavy (non-hydrogen) atoms. The minimum absolute atomic E-state index is 0. The van der Waals surface area contributed by atoms with Gasteiger partial charge in [0.25, 0.3) is 0 Å². The van der Waals surface area contributed by atoms with Gasteiger partial charge in [0.15, 0.2) is 0 Å². The molecule has 0 atom stereocenters. The van der Waals surface area contributed by atoms with E-state index in [2.05, 4.69) is 0 Å². The molecular formula is AlMgO3Ti. The van der Waals surface area contributed by atoms with Crippen molar-refractivity contribution in [1.29, 1.82) is 0 Å². The molecule has 3 nitrogen and oxygen atoms in total. The van der Waals surface area contributed by atoms with E-state index in [0.29, 0.717) is 0 Å². The first-order chi connectivity index (χ1) is 1.73. The summed E-state index contributed by atoms with van der Waals surface area (Å²) < 4.78 is 25.8. The van der Waals surface area contributed by atoms with Gasteiger partial charge in [-0.25, -0.2) is 0 Å². The molecule has 0 aromatic carbocycles. The second-order valence-corrected chi connectivity index (χ2v) is 1.03. The first kappa shape index (κ1) is 15.6. The van der Waals surface area contributed by atoms with Gasteiger partial charge in [0, 0.05) is 17.4 Å². The van der Waals surface area contributed by atoms with Gasteiger partial charge in [-0.1, -0.05) is 0 Å². The molecule has 27 valence electrons. The van der Waals surface area contributed by atoms with Crippen molar-refractivity contribution in [3.05, 3.63) is 0 Å². The van der Waals surface area contributed by atoms with Crippen LogP contribution in [-0.4, -0.2) is 40.4 Å². The quantitative estimate of drug-likeness (QED) is 0.338. The fourth-order valence-corrected chi connectivity index (χ4v) is 0. The van der Waals surface area contributed by atoms with Gasteiger partial charge < -0.3 is 0 Å². The van der Waals surface area contributed by atoms with Crippen LogP contribution in [0.25, 0.3) is 0 Å². The van der Waals surface area contributed by atoms with E-state index in [9.17, 15) is 0 Å². The average Bonchev–Trinajstić information content (AvgIpc) is 0.811. The molecular weight excluding hydrogens is 147 g/mol. The van der Waals surface area contributed by atoms with Gasteiger partial charge in [-0.3, -0.25) is 0 Å². The van der Waals surface area contributed by atoms with Crippen LogP contribution in [0.5, 0.6) is 0 Å². The van der Waals surface area contributed by atoms with Crippen molar-refractivity contribution in [2.75, 3.05) is 0 Å². The van der Waals surface area contributed by atoms with Crippen LogP contribution in [0, 0.1) is 0 Å². The Morgan fingerprint density at radius 1 is 1.33 bits per heavy atom. The van der Waals surface area contributed by atoms with Crippen molar-refractivity contribution in [2.45, 2.75) is 0 Å². The number of hydrogen-bond donors (Lipinski definition) is 0. The Morgan fingerprint density at radius 3 is 1.33 bits per heavy atom. The van der Waals surface area contributed by atoms with Crippen molar-refractivity contribution in [3.63, 3.8) is 0 Å². The summed E-state index contributed by atoms with van der Waals surface area (Å²) in [5.41, 5.74) is 0. The Morgan fingerprint density at radius 2 is 1.33 bits per heavy atom. The van der Waals surface area contributed by atoms with E-state index in [4.69, 9.17) is 10.7 Å². The molecule has 0 amide bonds. The molecule has 0 spiro atoms. The maximum absolute atomic E-state index is 8.58. The second kappa shape index (κ2) is 9.88. The van der Waals surface area contributed by atoms with Gasteiger partial charge in [0.2, 0.25) is 0 Å². The number of rotatable bonds is 0. The summed E-state index contributed by atoms with van der Waals surface area (Å²) >= 11 is -4.08. The molecule has 0 aromatic rings. The Balaban J connectivity index is -0.0000000450. The third-order valence-corrected chi connectivity index (χ3v) is 0. The van der Waals surface area contributed by atoms with Gasteiger partial charge in [-0.2, -0.15) is 0 Å². The standard InChI is InChI=1S/Al.Mg.3O.Ti/q;+2;;2*-1;. The molecule has 0 N–H and O–H groups in total. The van der Waals surface area contributed by atoms with E-state index >= 15 is 0 Å². The molecule has 0 aromatic heterocycles. The fraction of sp³-hybridized carbons (Fsp3) is 0. The minimum atomic E-state index is -4.08. The molecule has 0 bridgehead atoms. The number of hydrogen-bond acceptors (Lipinski definition) is 3. The second-order valence-electron chi connectivity index (χ2n) is 0.250. The molecule has 3 radical (unpaired) electrons. The Kier molecular flexibility index (Phi) is 25.8. The van der Waals surface area contributed by atoms with Crippen LogP contribution in [0.1, 0.15) is 0 Å². The van der Waals surface area contributed by atoms with Gasteiger partial charge >= 0.3 is 52.4 Å². The summed E-state index contributed by atoms with van der Waals surface area (Å²) in [5, 5.41) is 0. The molecule has 0 aliphatic carbocycles. The zero-order valence-corrected chi connectivity index (χ0v) is 7.14. The summed E-state index contributed by atoms with van der Waals surface area (Å²) in [6.45, 7) is 0. The summed E-state index contributed by atoms with van der Waals surface area (Å²) in [4.78, 5) is 0. The molecule has 6 heteroatoms. The van der Waals surface area contributed by atoms with Crippen LogP contribution in [0.4, 0.5) is 0 Å². The topological polar surface area (TPSA) is 63.2 Å². The summed E-state index contributed by atoms with van der Waals surface area (Å²) in [6.07, 6.45) is 0. The third-order valence-electron chi connectivity index (χ3n) is 0. The van der Waals surface area contributed by atoms with Crippen molar-refractivity contribution in [1.82, 2.24) is 0 Å². The Labute approximate surface area is 69.1 Å². The first-order valence-electron chi connectivity index (χ1n) is 0.612.